The van der Waals surface area contributed by atoms with E-state index in [0.717, 1.165) is 28.1 Å². The monoisotopic (exact) mass is 452 g/mol. The maximum Gasteiger partial charge on any atom is 0.283 e. The molecular weight excluding hydrogens is 428 g/mol. The molecule has 1 heterocycles. The van der Waals surface area contributed by atoms with Crippen LogP contribution < -0.4 is 4.90 Å². The first kappa shape index (κ1) is 21.2. The van der Waals surface area contributed by atoms with Gasteiger partial charge in [-0.05, 0) is 54.8 Å². The third-order valence-electron chi connectivity index (χ3n) is 5.92. The molecule has 1 unspecified atom stereocenters. The maximum atomic E-state index is 13.4. The van der Waals surface area contributed by atoms with Crippen LogP contribution >= 0.6 is 0 Å². The first-order valence-corrected chi connectivity index (χ1v) is 12.4. The standard InChI is InChI=1S/C28H24N2O2S/c1-21-16-18-24(19-17-21)33(31,32)29-28-26(20-22-10-4-2-5-11-22)25-14-8-9-15-27(25)30(28)23-12-6-3-7-13-23/h2-19,26H,20H2,1H3. The van der Waals surface area contributed by atoms with E-state index in [9.17, 15) is 8.42 Å². The molecule has 4 aromatic rings. The Kier molecular flexibility index (Phi) is 5.56. The highest BCUT2D eigenvalue weighted by molar-refractivity contribution is 7.90. The summed E-state index contributed by atoms with van der Waals surface area (Å²) in [6.07, 6.45) is 0.656. The number of anilines is 2. The summed E-state index contributed by atoms with van der Waals surface area (Å²) in [5, 5.41) is 0. The molecule has 0 saturated heterocycles. The first-order chi connectivity index (χ1) is 16.0. The van der Waals surface area contributed by atoms with E-state index in [1.165, 1.54) is 0 Å². The Morgan fingerprint density at radius 2 is 1.36 bits per heavy atom. The van der Waals surface area contributed by atoms with Crippen molar-refractivity contribution in [3.63, 3.8) is 0 Å². The second-order valence-corrected chi connectivity index (χ2v) is 9.81. The van der Waals surface area contributed by atoms with Crippen LogP contribution in [-0.4, -0.2) is 14.3 Å². The molecule has 33 heavy (non-hydrogen) atoms. The van der Waals surface area contributed by atoms with Crippen LogP contribution in [0.4, 0.5) is 11.4 Å². The molecule has 4 aromatic carbocycles. The number of benzene rings is 4. The minimum atomic E-state index is -3.90. The van der Waals surface area contributed by atoms with Crippen LogP contribution in [0.15, 0.2) is 118 Å². The molecule has 5 heteroatoms. The van der Waals surface area contributed by atoms with Gasteiger partial charge in [0.2, 0.25) is 0 Å². The summed E-state index contributed by atoms with van der Waals surface area (Å²) < 4.78 is 31.3. The predicted molar refractivity (Wildman–Crippen MR) is 134 cm³/mol. The van der Waals surface area contributed by atoms with Crippen molar-refractivity contribution in [1.82, 2.24) is 0 Å². The van der Waals surface area contributed by atoms with E-state index in [-0.39, 0.29) is 10.8 Å². The summed E-state index contributed by atoms with van der Waals surface area (Å²) in [5.74, 6) is 0.329. The molecule has 1 aliphatic heterocycles. The van der Waals surface area contributed by atoms with Gasteiger partial charge in [-0.3, -0.25) is 4.90 Å². The molecule has 164 valence electrons. The van der Waals surface area contributed by atoms with Gasteiger partial charge in [0.25, 0.3) is 10.0 Å². The maximum absolute atomic E-state index is 13.4. The van der Waals surface area contributed by atoms with Crippen LogP contribution in [0.25, 0.3) is 0 Å². The molecule has 0 bridgehead atoms. The van der Waals surface area contributed by atoms with E-state index < -0.39 is 10.0 Å². The molecular formula is C28H24N2O2S. The zero-order valence-electron chi connectivity index (χ0n) is 18.3. The Morgan fingerprint density at radius 1 is 0.758 bits per heavy atom. The number of aryl methyl sites for hydroxylation is 1. The van der Waals surface area contributed by atoms with Crippen molar-refractivity contribution >= 4 is 27.2 Å². The highest BCUT2D eigenvalue weighted by atomic mass is 32.2. The molecule has 5 rings (SSSR count). The number of hydrogen-bond acceptors (Lipinski definition) is 2. The molecule has 4 nitrogen and oxygen atoms in total. The van der Waals surface area contributed by atoms with E-state index in [1.54, 1.807) is 24.3 Å². The molecule has 1 atom stereocenters. The number of sulfonamides is 1. The van der Waals surface area contributed by atoms with Gasteiger partial charge < -0.3 is 0 Å². The summed E-state index contributed by atoms with van der Waals surface area (Å²) in [5.41, 5.74) is 5.05. The molecule has 0 spiro atoms. The molecule has 0 aliphatic carbocycles. The smallest absolute Gasteiger partial charge is 0.283 e. The van der Waals surface area contributed by atoms with Gasteiger partial charge in [0, 0.05) is 11.6 Å². The van der Waals surface area contributed by atoms with E-state index in [2.05, 4.69) is 22.6 Å². The van der Waals surface area contributed by atoms with Crippen molar-refractivity contribution in [3.8, 4) is 0 Å². The van der Waals surface area contributed by atoms with E-state index in [1.807, 2.05) is 78.6 Å². The Bertz CT molecular complexity index is 1400. The lowest BCUT2D eigenvalue weighted by Gasteiger charge is -2.22. The van der Waals surface area contributed by atoms with Gasteiger partial charge in [-0.2, -0.15) is 8.42 Å². The number of para-hydroxylation sites is 2. The van der Waals surface area contributed by atoms with Crippen molar-refractivity contribution in [2.75, 3.05) is 4.90 Å². The van der Waals surface area contributed by atoms with Crippen LogP contribution in [0, 0.1) is 6.92 Å². The van der Waals surface area contributed by atoms with Crippen molar-refractivity contribution in [2.24, 2.45) is 4.40 Å². The normalized spacial score (nSPS) is 16.7. The average molecular weight is 453 g/mol. The zero-order valence-corrected chi connectivity index (χ0v) is 19.1. The van der Waals surface area contributed by atoms with E-state index in [4.69, 9.17) is 0 Å². The Labute approximate surface area is 194 Å². The third-order valence-corrected chi connectivity index (χ3v) is 7.22. The quantitative estimate of drug-likeness (QED) is 0.359. The van der Waals surface area contributed by atoms with Gasteiger partial charge in [0.1, 0.15) is 5.84 Å². The number of fused-ring (bicyclic) bond motifs is 1. The fraction of sp³-hybridized carbons (Fsp3) is 0.107. The fourth-order valence-corrected chi connectivity index (χ4v) is 5.33. The second-order valence-electron chi connectivity index (χ2n) is 8.21. The van der Waals surface area contributed by atoms with Crippen molar-refractivity contribution in [1.29, 1.82) is 0 Å². The van der Waals surface area contributed by atoms with Gasteiger partial charge in [-0.15, -0.1) is 4.40 Å². The van der Waals surface area contributed by atoms with Gasteiger partial charge in [-0.25, -0.2) is 0 Å². The number of amidine groups is 1. The highest BCUT2D eigenvalue weighted by Gasteiger charge is 2.37. The van der Waals surface area contributed by atoms with E-state index >= 15 is 0 Å². The molecule has 0 fully saturated rings. The Balaban J connectivity index is 1.69. The molecule has 1 aliphatic rings. The number of hydrogen-bond donors (Lipinski definition) is 0. The fourth-order valence-electron chi connectivity index (χ4n) is 4.29. The predicted octanol–water partition coefficient (Wildman–Crippen LogP) is 6.26. The lowest BCUT2D eigenvalue weighted by atomic mass is 9.93. The molecule has 0 saturated carbocycles. The van der Waals surface area contributed by atoms with Crippen molar-refractivity contribution in [2.45, 2.75) is 24.2 Å². The van der Waals surface area contributed by atoms with Crippen molar-refractivity contribution in [3.05, 3.63) is 126 Å². The van der Waals surface area contributed by atoms with Crippen LogP contribution in [0.3, 0.4) is 0 Å². The zero-order chi connectivity index (χ0) is 22.8. The Morgan fingerprint density at radius 3 is 2.06 bits per heavy atom. The van der Waals surface area contributed by atoms with Crippen LogP contribution in [0.5, 0.6) is 0 Å². The largest absolute Gasteiger partial charge is 0.297 e. The summed E-state index contributed by atoms with van der Waals surface area (Å²) in [7, 11) is -3.90. The summed E-state index contributed by atoms with van der Waals surface area (Å²) in [6.45, 7) is 1.93. The van der Waals surface area contributed by atoms with Gasteiger partial charge in [0.15, 0.2) is 0 Å². The van der Waals surface area contributed by atoms with Gasteiger partial charge in [-0.1, -0.05) is 84.4 Å². The van der Waals surface area contributed by atoms with Gasteiger partial charge in [0.05, 0.1) is 10.6 Å². The minimum absolute atomic E-state index is 0.191. The second kappa shape index (κ2) is 8.68. The first-order valence-electron chi connectivity index (χ1n) is 10.9. The summed E-state index contributed by atoms with van der Waals surface area (Å²) in [4.78, 5) is 2.18. The van der Waals surface area contributed by atoms with Crippen molar-refractivity contribution < 1.29 is 8.42 Å². The molecule has 0 amide bonds. The number of nitrogens with zero attached hydrogens (tertiary/aromatic N) is 2. The van der Waals surface area contributed by atoms with Crippen LogP contribution in [0.1, 0.15) is 22.6 Å². The third kappa shape index (κ3) is 4.20. The molecule has 0 N–H and O–H groups in total. The SMILES string of the molecule is Cc1ccc(S(=O)(=O)N=C2C(Cc3ccccc3)c3ccccc3N2c2ccccc2)cc1. The summed E-state index contributed by atoms with van der Waals surface area (Å²) in [6, 6.07) is 34.9. The average Bonchev–Trinajstić information content (AvgIpc) is 3.13. The highest BCUT2D eigenvalue weighted by Crippen LogP contribution is 2.44. The lowest BCUT2D eigenvalue weighted by Crippen LogP contribution is -2.26. The minimum Gasteiger partial charge on any atom is -0.297 e. The van der Waals surface area contributed by atoms with E-state index in [0.29, 0.717) is 12.3 Å². The topological polar surface area (TPSA) is 49.7 Å². The van der Waals surface area contributed by atoms with Crippen LogP contribution in [-0.2, 0) is 16.4 Å². The lowest BCUT2D eigenvalue weighted by molar-refractivity contribution is 0.597. The number of rotatable bonds is 5. The molecule has 0 radical (unpaired) electrons. The van der Waals surface area contributed by atoms with Crippen LogP contribution in [0.2, 0.25) is 0 Å². The van der Waals surface area contributed by atoms with Gasteiger partial charge >= 0.3 is 0 Å². The summed E-state index contributed by atoms with van der Waals surface area (Å²) >= 11 is 0. The molecule has 0 aromatic heterocycles. The Hall–Kier alpha value is -3.70.